The summed E-state index contributed by atoms with van der Waals surface area (Å²) >= 11 is 0. The van der Waals surface area contributed by atoms with Crippen molar-refractivity contribution >= 4 is 18.1 Å². The van der Waals surface area contributed by atoms with Crippen LogP contribution in [0.3, 0.4) is 0 Å². The molecule has 0 saturated carbocycles. The van der Waals surface area contributed by atoms with E-state index in [-0.39, 0.29) is 11.3 Å². The van der Waals surface area contributed by atoms with Gasteiger partial charge in [0.1, 0.15) is 5.69 Å². The summed E-state index contributed by atoms with van der Waals surface area (Å²) in [4.78, 5) is 18.2. The molecule has 0 spiro atoms. The van der Waals surface area contributed by atoms with Gasteiger partial charge in [-0.1, -0.05) is 84.9 Å². The van der Waals surface area contributed by atoms with Crippen molar-refractivity contribution in [2.45, 2.75) is 86.5 Å². The summed E-state index contributed by atoms with van der Waals surface area (Å²) in [5.74, 6) is 1.26. The average molecular weight is 547 g/mol. The highest BCUT2D eigenvalue weighted by molar-refractivity contribution is 5.98. The van der Waals surface area contributed by atoms with Crippen LogP contribution in [0.5, 0.6) is 0 Å². The van der Waals surface area contributed by atoms with Gasteiger partial charge in [0.05, 0.1) is 5.69 Å². The summed E-state index contributed by atoms with van der Waals surface area (Å²) in [5.41, 5.74) is 6.29. The van der Waals surface area contributed by atoms with E-state index in [0.29, 0.717) is 11.8 Å². The molecule has 0 aliphatic carbocycles. The third kappa shape index (κ3) is 8.92. The molecule has 0 atom stereocenters. The maximum absolute atomic E-state index is 13.7. The van der Waals surface area contributed by atoms with Gasteiger partial charge in [0, 0.05) is 43.4 Å². The number of rotatable bonds is 12. The smallest absolute Gasteiger partial charge is 0.249 e. The first-order chi connectivity index (χ1) is 18.9. The van der Waals surface area contributed by atoms with E-state index in [1.807, 2.05) is 18.7 Å². The van der Waals surface area contributed by atoms with Gasteiger partial charge in [-0.2, -0.15) is 5.10 Å². The Kier molecular flexibility index (Phi) is 11.4. The molecule has 40 heavy (non-hydrogen) atoms. The van der Waals surface area contributed by atoms with Crippen LogP contribution in [-0.4, -0.2) is 58.2 Å². The summed E-state index contributed by atoms with van der Waals surface area (Å²) in [6, 6.07) is 8.80. The summed E-state index contributed by atoms with van der Waals surface area (Å²) < 4.78 is 1.94. The number of benzene rings is 1. The molecule has 3 rings (SSSR count). The standard InChI is InChI=1S/C35H54N4O/c1-26(2)18-23-39(24-19-27(3)4)34(40)28(5)25-32-31(13-12-22-38-20-10-11-21-38)33(36-37(32)9)29-14-16-30(17-15-29)35(6,7)8/h12-17,25-27H,10-11,18-24H2,1-9H3. The Balaban J connectivity index is 1.98. The number of hydrogen-bond acceptors (Lipinski definition) is 3. The molecule has 2 aromatic rings. The summed E-state index contributed by atoms with van der Waals surface area (Å²) in [5, 5.41) is 4.98. The van der Waals surface area contributed by atoms with Crippen LogP contribution >= 0.6 is 0 Å². The normalized spacial score (nSPS) is 15.2. The lowest BCUT2D eigenvalue weighted by molar-refractivity contribution is -0.127. The fourth-order valence-electron chi connectivity index (χ4n) is 5.17. The molecular formula is C35H54N4O. The molecule has 0 unspecified atom stereocenters. The topological polar surface area (TPSA) is 41.4 Å². The van der Waals surface area contributed by atoms with E-state index < -0.39 is 0 Å². The zero-order valence-electron chi connectivity index (χ0n) is 26.8. The lowest BCUT2D eigenvalue weighted by Crippen LogP contribution is -2.34. The second-order valence-corrected chi connectivity index (χ2v) is 13.5. The predicted molar refractivity (Wildman–Crippen MR) is 171 cm³/mol. The molecule has 2 heterocycles. The molecule has 0 N–H and O–H groups in total. The molecule has 1 amide bonds. The highest BCUT2D eigenvalue weighted by Crippen LogP contribution is 2.31. The Bertz CT molecular complexity index is 1140. The molecule has 1 aliphatic rings. The maximum atomic E-state index is 13.7. The van der Waals surface area contributed by atoms with E-state index in [1.165, 1.54) is 31.5 Å². The number of nitrogens with zero attached hydrogens (tertiary/aromatic N) is 4. The minimum absolute atomic E-state index is 0.101. The monoisotopic (exact) mass is 546 g/mol. The van der Waals surface area contributed by atoms with Gasteiger partial charge in [-0.25, -0.2) is 0 Å². The second kappa shape index (κ2) is 14.3. The average Bonchev–Trinajstić information content (AvgIpc) is 3.51. The Hall–Kier alpha value is -2.66. The number of aryl methyl sites for hydroxylation is 1. The zero-order valence-corrected chi connectivity index (χ0v) is 26.8. The zero-order chi connectivity index (χ0) is 29.4. The molecule has 0 bridgehead atoms. The number of carbonyl (C=O) groups excluding carboxylic acids is 1. The van der Waals surface area contributed by atoms with Crippen LogP contribution in [0.25, 0.3) is 23.4 Å². The molecule has 1 aromatic heterocycles. The Labute approximate surface area is 244 Å². The summed E-state index contributed by atoms with van der Waals surface area (Å²) in [7, 11) is 1.99. The first kappa shape index (κ1) is 31.9. The third-order valence-corrected chi connectivity index (χ3v) is 7.93. The van der Waals surface area contributed by atoms with Gasteiger partial charge in [0.2, 0.25) is 5.91 Å². The summed E-state index contributed by atoms with van der Waals surface area (Å²) in [6.07, 6.45) is 11.1. The first-order valence-corrected chi connectivity index (χ1v) is 15.4. The lowest BCUT2D eigenvalue weighted by atomic mass is 9.86. The van der Waals surface area contributed by atoms with Crippen molar-refractivity contribution < 1.29 is 4.79 Å². The van der Waals surface area contributed by atoms with Crippen LogP contribution in [0, 0.1) is 11.8 Å². The van der Waals surface area contributed by atoms with Gasteiger partial charge in [0.25, 0.3) is 0 Å². The van der Waals surface area contributed by atoms with Gasteiger partial charge in [-0.3, -0.25) is 14.4 Å². The van der Waals surface area contributed by atoms with Crippen LogP contribution in [0.15, 0.2) is 35.9 Å². The molecule has 5 heteroatoms. The predicted octanol–water partition coefficient (Wildman–Crippen LogP) is 7.82. The Morgan fingerprint density at radius 2 is 1.57 bits per heavy atom. The Morgan fingerprint density at radius 1 is 1.00 bits per heavy atom. The van der Waals surface area contributed by atoms with E-state index in [0.717, 1.165) is 60.6 Å². The fraction of sp³-hybridized carbons (Fsp3) is 0.600. The van der Waals surface area contributed by atoms with Crippen molar-refractivity contribution in [2.75, 3.05) is 32.7 Å². The first-order valence-electron chi connectivity index (χ1n) is 15.4. The molecule has 1 aromatic carbocycles. The number of hydrogen-bond donors (Lipinski definition) is 0. The van der Waals surface area contributed by atoms with E-state index in [1.54, 1.807) is 0 Å². The van der Waals surface area contributed by atoms with Crippen LogP contribution < -0.4 is 0 Å². The minimum atomic E-state index is 0.101. The van der Waals surface area contributed by atoms with Gasteiger partial charge >= 0.3 is 0 Å². The lowest BCUT2D eigenvalue weighted by Gasteiger charge is -2.25. The maximum Gasteiger partial charge on any atom is 0.249 e. The number of likely N-dealkylation sites (tertiary alicyclic amines) is 1. The van der Waals surface area contributed by atoms with E-state index in [9.17, 15) is 4.79 Å². The van der Waals surface area contributed by atoms with Gasteiger partial charge in [0.15, 0.2) is 0 Å². The van der Waals surface area contributed by atoms with E-state index in [2.05, 4.69) is 101 Å². The molecule has 220 valence electrons. The van der Waals surface area contributed by atoms with E-state index in [4.69, 9.17) is 5.10 Å². The number of carbonyl (C=O) groups is 1. The molecule has 5 nitrogen and oxygen atoms in total. The van der Waals surface area contributed by atoms with Crippen molar-refractivity contribution in [2.24, 2.45) is 18.9 Å². The Morgan fingerprint density at radius 3 is 2.10 bits per heavy atom. The van der Waals surface area contributed by atoms with Crippen LogP contribution in [0.1, 0.15) is 97.9 Å². The molecular weight excluding hydrogens is 492 g/mol. The summed E-state index contributed by atoms with van der Waals surface area (Å²) in [6.45, 7) is 22.4. The van der Waals surface area contributed by atoms with Crippen LogP contribution in [0.2, 0.25) is 0 Å². The second-order valence-electron chi connectivity index (χ2n) is 13.5. The SMILES string of the molecule is CC(=Cc1c(C=CCN2CCCC2)c(-c2ccc(C(C)(C)C)cc2)nn1C)C(=O)N(CCC(C)C)CCC(C)C. The van der Waals surface area contributed by atoms with Crippen molar-refractivity contribution in [3.63, 3.8) is 0 Å². The van der Waals surface area contributed by atoms with Gasteiger partial charge in [-0.15, -0.1) is 0 Å². The van der Waals surface area contributed by atoms with Crippen molar-refractivity contribution in [1.82, 2.24) is 19.6 Å². The van der Waals surface area contributed by atoms with E-state index >= 15 is 0 Å². The van der Waals surface area contributed by atoms with Crippen molar-refractivity contribution in [3.05, 3.63) is 52.7 Å². The van der Waals surface area contributed by atoms with Crippen molar-refractivity contribution in [3.8, 4) is 11.3 Å². The van der Waals surface area contributed by atoms with Crippen LogP contribution in [-0.2, 0) is 17.3 Å². The third-order valence-electron chi connectivity index (χ3n) is 7.93. The molecule has 1 fully saturated rings. The minimum Gasteiger partial charge on any atom is -0.339 e. The number of aromatic nitrogens is 2. The highest BCUT2D eigenvalue weighted by Gasteiger charge is 2.20. The molecule has 1 saturated heterocycles. The fourth-order valence-corrected chi connectivity index (χ4v) is 5.17. The number of amides is 1. The highest BCUT2D eigenvalue weighted by atomic mass is 16.2. The van der Waals surface area contributed by atoms with Crippen LogP contribution in [0.4, 0.5) is 0 Å². The quantitative estimate of drug-likeness (QED) is 0.255. The van der Waals surface area contributed by atoms with Gasteiger partial charge in [-0.05, 0) is 74.6 Å². The van der Waals surface area contributed by atoms with Gasteiger partial charge < -0.3 is 4.90 Å². The molecule has 0 radical (unpaired) electrons. The largest absolute Gasteiger partial charge is 0.339 e. The van der Waals surface area contributed by atoms with Crippen molar-refractivity contribution in [1.29, 1.82) is 0 Å². The molecule has 1 aliphatic heterocycles.